The highest BCUT2D eigenvalue weighted by Gasteiger charge is 2.31. The third-order valence-corrected chi connectivity index (χ3v) is 3.64. The molecule has 0 bridgehead atoms. The predicted molar refractivity (Wildman–Crippen MR) is 69.6 cm³/mol. The normalized spacial score (nSPS) is 12.0. The molecule has 2 aromatic rings. The molecule has 0 aliphatic rings. The Morgan fingerprint density at radius 2 is 1.91 bits per heavy atom. The fourth-order valence-corrected chi connectivity index (χ4v) is 2.35. The number of hydrogen-bond acceptors (Lipinski definition) is 5. The van der Waals surface area contributed by atoms with Crippen LogP contribution >= 0.6 is 0 Å². The zero-order chi connectivity index (χ0) is 17.1. The first-order valence-corrected chi connectivity index (χ1v) is 7.37. The topological polar surface area (TPSA) is 97.6 Å². The standard InChI is InChI=1S/C12H9F3N2O5S/c13-12(14,15)22-8-3-1-4-9(7-8)23(19,20)17-16-11(18)10-5-2-6-21-10/h1-7,17H,(H,16,18). The smallest absolute Gasteiger partial charge is 0.459 e. The van der Waals surface area contributed by atoms with Crippen LogP contribution in [-0.2, 0) is 10.0 Å². The minimum atomic E-state index is -4.96. The molecular formula is C12H9F3N2O5S. The van der Waals surface area contributed by atoms with Gasteiger partial charge in [-0.3, -0.25) is 10.2 Å². The number of ether oxygens (including phenoxy) is 1. The lowest BCUT2D eigenvalue weighted by Crippen LogP contribution is -2.41. The Labute approximate surface area is 128 Å². The molecule has 1 aromatic heterocycles. The van der Waals surface area contributed by atoms with Crippen LogP contribution in [0.3, 0.4) is 0 Å². The van der Waals surface area contributed by atoms with Gasteiger partial charge in [-0.2, -0.15) is 0 Å². The highest BCUT2D eigenvalue weighted by molar-refractivity contribution is 7.89. The molecule has 0 spiro atoms. The summed E-state index contributed by atoms with van der Waals surface area (Å²) in [6.45, 7) is 0. The van der Waals surface area contributed by atoms with Crippen molar-refractivity contribution < 1.29 is 35.5 Å². The van der Waals surface area contributed by atoms with Gasteiger partial charge in [0, 0.05) is 6.07 Å². The van der Waals surface area contributed by atoms with Crippen LogP contribution < -0.4 is 15.0 Å². The number of halogens is 3. The maximum Gasteiger partial charge on any atom is 0.573 e. The summed E-state index contributed by atoms with van der Waals surface area (Å²) < 4.78 is 68.6. The van der Waals surface area contributed by atoms with Gasteiger partial charge in [0.15, 0.2) is 5.76 Å². The minimum Gasteiger partial charge on any atom is -0.459 e. The van der Waals surface area contributed by atoms with Gasteiger partial charge in [0.05, 0.1) is 11.2 Å². The van der Waals surface area contributed by atoms with Gasteiger partial charge in [0.1, 0.15) is 5.75 Å². The van der Waals surface area contributed by atoms with E-state index < -0.39 is 32.9 Å². The molecule has 7 nitrogen and oxygen atoms in total. The van der Waals surface area contributed by atoms with E-state index in [1.807, 2.05) is 5.43 Å². The number of carbonyl (C=O) groups is 1. The fourth-order valence-electron chi connectivity index (χ4n) is 1.48. The summed E-state index contributed by atoms with van der Waals surface area (Å²) in [5, 5.41) is 0. The van der Waals surface area contributed by atoms with Gasteiger partial charge in [0.2, 0.25) is 0 Å². The SMILES string of the molecule is O=C(NNS(=O)(=O)c1cccc(OC(F)(F)F)c1)c1ccco1. The molecule has 2 N–H and O–H groups in total. The number of carbonyl (C=O) groups excluding carboxylic acids is 1. The summed E-state index contributed by atoms with van der Waals surface area (Å²) in [6.07, 6.45) is -3.75. The Bertz CT molecular complexity index is 787. The van der Waals surface area contributed by atoms with Crippen molar-refractivity contribution in [3.05, 3.63) is 48.4 Å². The molecule has 0 saturated heterocycles. The first kappa shape index (κ1) is 16.8. The van der Waals surface area contributed by atoms with Crippen molar-refractivity contribution in [1.82, 2.24) is 10.3 Å². The summed E-state index contributed by atoms with van der Waals surface area (Å²) in [5.74, 6) is -1.74. The van der Waals surface area contributed by atoms with Gasteiger partial charge in [-0.15, -0.1) is 18.0 Å². The van der Waals surface area contributed by atoms with Gasteiger partial charge in [-0.05, 0) is 24.3 Å². The molecule has 0 aliphatic carbocycles. The molecular weight excluding hydrogens is 341 g/mol. The number of nitrogens with one attached hydrogen (secondary N) is 2. The van der Waals surface area contributed by atoms with Gasteiger partial charge < -0.3 is 9.15 Å². The van der Waals surface area contributed by atoms with Crippen molar-refractivity contribution in [3.8, 4) is 5.75 Å². The first-order valence-electron chi connectivity index (χ1n) is 5.89. The lowest BCUT2D eigenvalue weighted by atomic mass is 10.3. The maximum atomic E-state index is 12.1. The second kappa shape index (κ2) is 6.30. The number of alkyl halides is 3. The number of benzene rings is 1. The summed E-state index contributed by atoms with van der Waals surface area (Å²) in [6, 6.07) is 6.40. The second-order valence-electron chi connectivity index (χ2n) is 4.06. The third-order valence-electron chi connectivity index (χ3n) is 2.39. The van der Waals surface area contributed by atoms with E-state index in [1.54, 1.807) is 4.83 Å². The van der Waals surface area contributed by atoms with E-state index in [4.69, 9.17) is 4.42 Å². The number of amides is 1. The van der Waals surface area contributed by atoms with Gasteiger partial charge in [0.25, 0.3) is 10.0 Å². The summed E-state index contributed by atoms with van der Waals surface area (Å²) in [4.78, 5) is 12.7. The first-order chi connectivity index (χ1) is 10.7. The molecule has 0 atom stereocenters. The molecule has 0 fully saturated rings. The van der Waals surface area contributed by atoms with Crippen LogP contribution in [0.1, 0.15) is 10.6 Å². The number of hydrazine groups is 1. The number of sulfonamides is 1. The van der Waals surface area contributed by atoms with E-state index in [0.717, 1.165) is 18.2 Å². The van der Waals surface area contributed by atoms with E-state index in [2.05, 4.69) is 4.74 Å². The van der Waals surface area contributed by atoms with E-state index >= 15 is 0 Å². The van der Waals surface area contributed by atoms with Gasteiger partial charge in [-0.25, -0.2) is 8.42 Å². The lowest BCUT2D eigenvalue weighted by molar-refractivity contribution is -0.274. The molecule has 23 heavy (non-hydrogen) atoms. The van der Waals surface area contributed by atoms with Crippen molar-refractivity contribution >= 4 is 15.9 Å². The van der Waals surface area contributed by atoms with E-state index in [0.29, 0.717) is 6.07 Å². The van der Waals surface area contributed by atoms with Crippen LogP contribution in [0.25, 0.3) is 0 Å². The highest BCUT2D eigenvalue weighted by Crippen LogP contribution is 2.24. The molecule has 0 saturated carbocycles. The highest BCUT2D eigenvalue weighted by atomic mass is 32.2. The van der Waals surface area contributed by atoms with Crippen molar-refractivity contribution in [2.45, 2.75) is 11.3 Å². The summed E-state index contributed by atoms with van der Waals surface area (Å²) >= 11 is 0. The Balaban J connectivity index is 2.10. The molecule has 0 unspecified atom stereocenters. The van der Waals surface area contributed by atoms with Crippen LogP contribution in [-0.4, -0.2) is 20.7 Å². The van der Waals surface area contributed by atoms with Crippen LogP contribution in [0.15, 0.2) is 52.0 Å². The average molecular weight is 350 g/mol. The maximum absolute atomic E-state index is 12.1. The van der Waals surface area contributed by atoms with E-state index in [1.165, 1.54) is 18.4 Å². The molecule has 1 amide bonds. The lowest BCUT2D eigenvalue weighted by Gasteiger charge is -2.11. The molecule has 0 aliphatic heterocycles. The van der Waals surface area contributed by atoms with Crippen molar-refractivity contribution in [3.63, 3.8) is 0 Å². The number of furan rings is 1. The predicted octanol–water partition coefficient (Wildman–Crippen LogP) is 1.80. The zero-order valence-corrected chi connectivity index (χ0v) is 11.9. The van der Waals surface area contributed by atoms with Crippen LogP contribution in [0.4, 0.5) is 13.2 Å². The van der Waals surface area contributed by atoms with Crippen LogP contribution in [0.5, 0.6) is 5.75 Å². The average Bonchev–Trinajstić information content (AvgIpc) is 2.97. The van der Waals surface area contributed by atoms with Crippen LogP contribution in [0, 0.1) is 0 Å². The second-order valence-corrected chi connectivity index (χ2v) is 5.74. The Morgan fingerprint density at radius 1 is 1.17 bits per heavy atom. The zero-order valence-electron chi connectivity index (χ0n) is 11.1. The van der Waals surface area contributed by atoms with Crippen molar-refractivity contribution in [2.24, 2.45) is 0 Å². The Kier molecular flexibility index (Phi) is 4.61. The number of hydrogen-bond donors (Lipinski definition) is 2. The Morgan fingerprint density at radius 3 is 2.52 bits per heavy atom. The molecule has 11 heteroatoms. The number of rotatable bonds is 5. The van der Waals surface area contributed by atoms with E-state index in [9.17, 15) is 26.4 Å². The monoisotopic (exact) mass is 350 g/mol. The van der Waals surface area contributed by atoms with Gasteiger partial charge >= 0.3 is 12.3 Å². The largest absolute Gasteiger partial charge is 0.573 e. The molecule has 1 aromatic carbocycles. The molecule has 0 radical (unpaired) electrons. The molecule has 1 heterocycles. The van der Waals surface area contributed by atoms with Crippen LogP contribution in [0.2, 0.25) is 0 Å². The molecule has 2 rings (SSSR count). The quantitative estimate of drug-likeness (QED) is 0.802. The van der Waals surface area contributed by atoms with E-state index in [-0.39, 0.29) is 5.76 Å². The molecule has 124 valence electrons. The fraction of sp³-hybridized carbons (Fsp3) is 0.0833. The minimum absolute atomic E-state index is 0.151. The summed E-state index contributed by atoms with van der Waals surface area (Å²) in [5.41, 5.74) is 1.86. The third kappa shape index (κ3) is 4.72. The Hall–Kier alpha value is -2.53. The summed E-state index contributed by atoms with van der Waals surface area (Å²) in [7, 11) is -4.30. The van der Waals surface area contributed by atoms with Crippen molar-refractivity contribution in [2.75, 3.05) is 0 Å². The van der Waals surface area contributed by atoms with Gasteiger partial charge in [-0.1, -0.05) is 6.07 Å². The van der Waals surface area contributed by atoms with Crippen molar-refractivity contribution in [1.29, 1.82) is 0 Å².